The molecular formula is C15H23ClN2O2. The molecule has 1 aliphatic heterocycles. The molecule has 0 aliphatic carbocycles. The van der Waals surface area contributed by atoms with Gasteiger partial charge in [0.1, 0.15) is 5.02 Å². The van der Waals surface area contributed by atoms with Gasteiger partial charge >= 0.3 is 0 Å². The summed E-state index contributed by atoms with van der Waals surface area (Å²) in [5.41, 5.74) is 1.09. The largest absolute Gasteiger partial charge is 0.476 e. The first-order valence-corrected chi connectivity index (χ1v) is 7.73. The molecule has 0 bridgehead atoms. The van der Waals surface area contributed by atoms with E-state index in [1.165, 1.54) is 0 Å². The fraction of sp³-hybridized carbons (Fsp3) is 0.667. The number of ether oxygens (including phenoxy) is 2. The van der Waals surface area contributed by atoms with Crippen LogP contribution < -0.4 is 10.1 Å². The predicted molar refractivity (Wildman–Crippen MR) is 80.3 cm³/mol. The fourth-order valence-electron chi connectivity index (χ4n) is 2.19. The molecule has 1 saturated heterocycles. The van der Waals surface area contributed by atoms with E-state index in [1.807, 2.05) is 12.3 Å². The summed E-state index contributed by atoms with van der Waals surface area (Å²) in [7, 11) is 0. The van der Waals surface area contributed by atoms with Crippen LogP contribution in [0, 0.1) is 5.92 Å². The number of rotatable bonds is 7. The second-order valence-corrected chi connectivity index (χ2v) is 5.58. The van der Waals surface area contributed by atoms with E-state index in [9.17, 15) is 0 Å². The van der Waals surface area contributed by atoms with Crippen LogP contribution in [0.4, 0.5) is 0 Å². The van der Waals surface area contributed by atoms with Crippen LogP contribution in [-0.2, 0) is 11.3 Å². The van der Waals surface area contributed by atoms with Crippen LogP contribution in [0.1, 0.15) is 31.7 Å². The van der Waals surface area contributed by atoms with Crippen LogP contribution in [0.2, 0.25) is 5.02 Å². The zero-order valence-corrected chi connectivity index (χ0v) is 12.8. The number of nitrogens with zero attached hydrogens (tertiary/aromatic N) is 1. The summed E-state index contributed by atoms with van der Waals surface area (Å²) in [6.07, 6.45) is 5.05. The van der Waals surface area contributed by atoms with Crippen molar-refractivity contribution in [3.63, 3.8) is 0 Å². The van der Waals surface area contributed by atoms with Gasteiger partial charge in [0.25, 0.3) is 0 Å². The first-order chi connectivity index (χ1) is 9.79. The van der Waals surface area contributed by atoms with Crippen molar-refractivity contribution in [2.24, 2.45) is 5.92 Å². The number of nitrogens with one attached hydrogen (secondary N) is 1. The van der Waals surface area contributed by atoms with E-state index in [1.54, 1.807) is 0 Å². The normalized spacial score (nSPS) is 16.3. The van der Waals surface area contributed by atoms with Crippen molar-refractivity contribution in [1.82, 2.24) is 10.3 Å². The van der Waals surface area contributed by atoms with Crippen molar-refractivity contribution in [1.29, 1.82) is 0 Å². The van der Waals surface area contributed by atoms with Gasteiger partial charge in [0, 0.05) is 26.0 Å². The molecule has 1 N–H and O–H groups in total. The second kappa shape index (κ2) is 8.45. The molecule has 1 aromatic rings. The lowest BCUT2D eigenvalue weighted by molar-refractivity contribution is 0.0490. The predicted octanol–water partition coefficient (Wildman–Crippen LogP) is 3.04. The molecule has 0 saturated carbocycles. The molecule has 2 heterocycles. The highest BCUT2D eigenvalue weighted by Gasteiger charge is 2.15. The quantitative estimate of drug-likeness (QED) is 0.786. The molecule has 5 heteroatoms. The molecule has 0 unspecified atom stereocenters. The second-order valence-electron chi connectivity index (χ2n) is 5.17. The Kier molecular flexibility index (Phi) is 6.57. The lowest BCUT2D eigenvalue weighted by Crippen LogP contribution is -2.21. The molecule has 0 spiro atoms. The summed E-state index contributed by atoms with van der Waals surface area (Å²) >= 11 is 6.22. The smallest absolute Gasteiger partial charge is 0.232 e. The summed E-state index contributed by atoms with van der Waals surface area (Å²) in [5.74, 6) is 1.09. The van der Waals surface area contributed by atoms with Crippen LogP contribution in [-0.4, -0.2) is 31.3 Å². The van der Waals surface area contributed by atoms with Crippen molar-refractivity contribution in [2.45, 2.75) is 32.7 Å². The zero-order chi connectivity index (χ0) is 14.2. The van der Waals surface area contributed by atoms with Gasteiger partial charge in [-0.05, 0) is 43.4 Å². The Morgan fingerprint density at radius 2 is 2.25 bits per heavy atom. The molecule has 4 nitrogen and oxygen atoms in total. The molecule has 112 valence electrons. The number of hydrogen-bond acceptors (Lipinski definition) is 4. The number of pyridine rings is 1. The Morgan fingerprint density at radius 1 is 1.45 bits per heavy atom. The highest BCUT2D eigenvalue weighted by Crippen LogP contribution is 2.24. The maximum absolute atomic E-state index is 6.22. The van der Waals surface area contributed by atoms with E-state index in [-0.39, 0.29) is 0 Å². The monoisotopic (exact) mass is 298 g/mol. The molecule has 20 heavy (non-hydrogen) atoms. The van der Waals surface area contributed by atoms with Gasteiger partial charge in [0.05, 0.1) is 6.61 Å². The maximum atomic E-state index is 6.22. The third-order valence-corrected chi connectivity index (χ3v) is 3.69. The Hall–Kier alpha value is -0.840. The van der Waals surface area contributed by atoms with Gasteiger partial charge in [0.2, 0.25) is 5.88 Å². The van der Waals surface area contributed by atoms with Gasteiger partial charge < -0.3 is 14.8 Å². The third kappa shape index (κ3) is 4.93. The van der Waals surface area contributed by atoms with E-state index >= 15 is 0 Å². The number of aromatic nitrogens is 1. The third-order valence-electron chi connectivity index (χ3n) is 3.42. The Balaban J connectivity index is 1.82. The average molecular weight is 299 g/mol. The lowest BCUT2D eigenvalue weighted by atomic mass is 10.0. The highest BCUT2D eigenvalue weighted by molar-refractivity contribution is 6.31. The van der Waals surface area contributed by atoms with Crippen molar-refractivity contribution >= 4 is 11.6 Å². The van der Waals surface area contributed by atoms with Crippen LogP contribution in [0.15, 0.2) is 12.3 Å². The van der Waals surface area contributed by atoms with E-state index < -0.39 is 0 Å². The van der Waals surface area contributed by atoms with Crippen LogP contribution in [0.5, 0.6) is 5.88 Å². The molecule has 1 aliphatic rings. The highest BCUT2D eigenvalue weighted by atomic mass is 35.5. The van der Waals surface area contributed by atoms with Crippen LogP contribution in [0.25, 0.3) is 0 Å². The Bertz CT molecular complexity index is 409. The van der Waals surface area contributed by atoms with Gasteiger partial charge in [0.15, 0.2) is 0 Å². The lowest BCUT2D eigenvalue weighted by Gasteiger charge is -2.22. The van der Waals surface area contributed by atoms with Gasteiger partial charge in [-0.1, -0.05) is 18.5 Å². The molecule has 0 aromatic carbocycles. The van der Waals surface area contributed by atoms with Crippen LogP contribution >= 0.6 is 11.6 Å². The number of hydrogen-bond donors (Lipinski definition) is 1. The summed E-state index contributed by atoms with van der Waals surface area (Å²) in [5, 5.41) is 3.92. The first kappa shape index (κ1) is 15.5. The van der Waals surface area contributed by atoms with E-state index in [4.69, 9.17) is 21.1 Å². The van der Waals surface area contributed by atoms with Crippen molar-refractivity contribution in [3.05, 3.63) is 22.8 Å². The molecular weight excluding hydrogens is 276 g/mol. The summed E-state index contributed by atoms with van der Waals surface area (Å²) < 4.78 is 11.1. The van der Waals surface area contributed by atoms with Gasteiger partial charge in [-0.3, -0.25) is 0 Å². The summed E-state index contributed by atoms with van der Waals surface area (Å²) in [6, 6.07) is 1.93. The minimum atomic E-state index is 0.539. The average Bonchev–Trinajstić information content (AvgIpc) is 2.48. The minimum absolute atomic E-state index is 0.539. The van der Waals surface area contributed by atoms with Crippen LogP contribution in [0.3, 0.4) is 0 Å². The van der Waals surface area contributed by atoms with Crippen molar-refractivity contribution < 1.29 is 9.47 Å². The summed E-state index contributed by atoms with van der Waals surface area (Å²) in [4.78, 5) is 4.32. The maximum Gasteiger partial charge on any atom is 0.232 e. The van der Waals surface area contributed by atoms with Gasteiger partial charge in [-0.25, -0.2) is 4.98 Å². The van der Waals surface area contributed by atoms with Gasteiger partial charge in [-0.2, -0.15) is 0 Å². The molecule has 0 amide bonds. The molecule has 1 aromatic heterocycles. The SMILES string of the molecule is CCCNCc1cnc(OCC2CCOCC2)c(Cl)c1. The topological polar surface area (TPSA) is 43.4 Å². The fourth-order valence-corrected chi connectivity index (χ4v) is 2.43. The molecule has 2 rings (SSSR count). The van der Waals surface area contributed by atoms with E-state index in [2.05, 4.69) is 17.2 Å². The van der Waals surface area contributed by atoms with Crippen molar-refractivity contribution in [2.75, 3.05) is 26.4 Å². The van der Waals surface area contributed by atoms with Crippen molar-refractivity contribution in [3.8, 4) is 5.88 Å². The van der Waals surface area contributed by atoms with E-state index in [0.29, 0.717) is 23.4 Å². The first-order valence-electron chi connectivity index (χ1n) is 7.35. The Morgan fingerprint density at radius 3 is 2.95 bits per heavy atom. The summed E-state index contributed by atoms with van der Waals surface area (Å²) in [6.45, 7) is 6.27. The molecule has 0 radical (unpaired) electrons. The minimum Gasteiger partial charge on any atom is -0.476 e. The number of halogens is 1. The Labute approximate surface area is 125 Å². The van der Waals surface area contributed by atoms with Gasteiger partial charge in [-0.15, -0.1) is 0 Å². The molecule has 0 atom stereocenters. The molecule has 1 fully saturated rings. The standard InChI is InChI=1S/C15H23ClN2O2/c1-2-5-17-9-13-8-14(16)15(18-10-13)20-11-12-3-6-19-7-4-12/h8,10,12,17H,2-7,9,11H2,1H3. The van der Waals surface area contributed by atoms with E-state index in [0.717, 1.165) is 51.1 Å². The zero-order valence-electron chi connectivity index (χ0n) is 12.0.